The van der Waals surface area contributed by atoms with E-state index in [2.05, 4.69) is 38.1 Å². The van der Waals surface area contributed by atoms with Crippen molar-refractivity contribution >= 4 is 0 Å². The van der Waals surface area contributed by atoms with Crippen LogP contribution >= 0.6 is 0 Å². The molecule has 2 nitrogen and oxygen atoms in total. The normalized spacial score (nSPS) is 10.8. The van der Waals surface area contributed by atoms with E-state index in [0.717, 1.165) is 22.4 Å². The minimum absolute atomic E-state index is 0.0427. The van der Waals surface area contributed by atoms with E-state index in [1.807, 2.05) is 18.2 Å². The third-order valence-electron chi connectivity index (χ3n) is 3.33. The first-order valence-corrected chi connectivity index (χ1v) is 6.53. The molecule has 2 heteroatoms. The minimum atomic E-state index is 0.0427. The van der Waals surface area contributed by atoms with Crippen molar-refractivity contribution in [1.82, 2.24) is 0 Å². The third-order valence-corrected chi connectivity index (χ3v) is 3.33. The summed E-state index contributed by atoms with van der Waals surface area (Å²) in [6.45, 7) is 4.41. The van der Waals surface area contributed by atoms with Crippen LogP contribution in [0.3, 0.4) is 0 Å². The fourth-order valence-electron chi connectivity index (χ4n) is 2.13. The Bertz CT molecular complexity index is 542. The average molecular weight is 256 g/mol. The first kappa shape index (κ1) is 13.6. The van der Waals surface area contributed by atoms with Crippen LogP contribution in [0.1, 0.15) is 30.9 Å². The first-order valence-electron chi connectivity index (χ1n) is 6.53. The standard InChI is InChI=1S/C17H20O2/c1-12(2)14-5-7-15(8-6-14)16-10-13(11-18)4-9-17(16)19-3/h4-10,12,18H,11H2,1-3H3. The number of methoxy groups -OCH3 is 1. The van der Waals surface area contributed by atoms with E-state index in [4.69, 9.17) is 4.74 Å². The smallest absolute Gasteiger partial charge is 0.126 e. The predicted molar refractivity (Wildman–Crippen MR) is 78.4 cm³/mol. The number of aliphatic hydroxyl groups is 1. The van der Waals surface area contributed by atoms with Gasteiger partial charge in [-0.05, 0) is 34.7 Å². The van der Waals surface area contributed by atoms with E-state index >= 15 is 0 Å². The molecule has 0 saturated carbocycles. The van der Waals surface area contributed by atoms with Crippen molar-refractivity contribution in [3.05, 3.63) is 53.6 Å². The second-order valence-electron chi connectivity index (χ2n) is 4.97. The van der Waals surface area contributed by atoms with Crippen LogP contribution in [0, 0.1) is 0 Å². The van der Waals surface area contributed by atoms with Crippen molar-refractivity contribution in [2.75, 3.05) is 7.11 Å². The fourth-order valence-corrected chi connectivity index (χ4v) is 2.13. The summed E-state index contributed by atoms with van der Waals surface area (Å²) < 4.78 is 5.40. The summed E-state index contributed by atoms with van der Waals surface area (Å²) in [4.78, 5) is 0. The number of rotatable bonds is 4. The van der Waals surface area contributed by atoms with Crippen molar-refractivity contribution < 1.29 is 9.84 Å². The topological polar surface area (TPSA) is 29.5 Å². The van der Waals surface area contributed by atoms with Crippen LogP contribution in [-0.2, 0) is 6.61 Å². The van der Waals surface area contributed by atoms with Gasteiger partial charge in [0.15, 0.2) is 0 Å². The SMILES string of the molecule is COc1ccc(CO)cc1-c1ccc(C(C)C)cc1. The van der Waals surface area contributed by atoms with E-state index < -0.39 is 0 Å². The highest BCUT2D eigenvalue weighted by molar-refractivity contribution is 5.71. The predicted octanol–water partition coefficient (Wildman–Crippen LogP) is 3.98. The fraction of sp³-hybridized carbons (Fsp3) is 0.294. The summed E-state index contributed by atoms with van der Waals surface area (Å²) in [6.07, 6.45) is 0. The van der Waals surface area contributed by atoms with E-state index in [-0.39, 0.29) is 6.61 Å². The van der Waals surface area contributed by atoms with Gasteiger partial charge in [-0.15, -0.1) is 0 Å². The Hall–Kier alpha value is -1.80. The van der Waals surface area contributed by atoms with Crippen LogP contribution in [0.15, 0.2) is 42.5 Å². The second-order valence-corrected chi connectivity index (χ2v) is 4.97. The maximum absolute atomic E-state index is 9.25. The lowest BCUT2D eigenvalue weighted by molar-refractivity contribution is 0.281. The van der Waals surface area contributed by atoms with Gasteiger partial charge in [0.2, 0.25) is 0 Å². The van der Waals surface area contributed by atoms with Gasteiger partial charge >= 0.3 is 0 Å². The van der Waals surface area contributed by atoms with Gasteiger partial charge in [-0.3, -0.25) is 0 Å². The van der Waals surface area contributed by atoms with Gasteiger partial charge < -0.3 is 9.84 Å². The van der Waals surface area contributed by atoms with Gasteiger partial charge in [0.05, 0.1) is 13.7 Å². The van der Waals surface area contributed by atoms with Crippen molar-refractivity contribution in [3.63, 3.8) is 0 Å². The monoisotopic (exact) mass is 256 g/mol. The van der Waals surface area contributed by atoms with Gasteiger partial charge in [-0.1, -0.05) is 44.2 Å². The molecule has 2 aromatic carbocycles. The number of aliphatic hydroxyl groups excluding tert-OH is 1. The average Bonchev–Trinajstić information content (AvgIpc) is 2.46. The number of ether oxygens (including phenoxy) is 1. The van der Waals surface area contributed by atoms with Gasteiger partial charge in [0.1, 0.15) is 5.75 Å². The summed E-state index contributed by atoms with van der Waals surface area (Å²) >= 11 is 0. The highest BCUT2D eigenvalue weighted by Gasteiger charge is 2.07. The summed E-state index contributed by atoms with van der Waals surface area (Å²) in [7, 11) is 1.67. The lowest BCUT2D eigenvalue weighted by Crippen LogP contribution is -1.92. The van der Waals surface area contributed by atoms with Crippen molar-refractivity contribution in [1.29, 1.82) is 0 Å². The Morgan fingerprint density at radius 1 is 1.05 bits per heavy atom. The number of hydrogen-bond donors (Lipinski definition) is 1. The molecule has 19 heavy (non-hydrogen) atoms. The van der Waals surface area contributed by atoms with Gasteiger partial charge in [-0.2, -0.15) is 0 Å². The van der Waals surface area contributed by atoms with Crippen molar-refractivity contribution in [2.24, 2.45) is 0 Å². The number of benzene rings is 2. The summed E-state index contributed by atoms with van der Waals surface area (Å²) in [5.74, 6) is 1.36. The molecular weight excluding hydrogens is 236 g/mol. The van der Waals surface area contributed by atoms with Crippen LogP contribution in [-0.4, -0.2) is 12.2 Å². The van der Waals surface area contributed by atoms with Crippen LogP contribution in [0.5, 0.6) is 5.75 Å². The number of hydrogen-bond acceptors (Lipinski definition) is 2. The molecule has 0 aromatic heterocycles. The van der Waals surface area contributed by atoms with Gasteiger partial charge in [0.25, 0.3) is 0 Å². The Labute approximate surface area is 114 Å². The lowest BCUT2D eigenvalue weighted by Gasteiger charge is -2.12. The first-order chi connectivity index (χ1) is 9.15. The molecule has 0 aliphatic heterocycles. The molecule has 0 spiro atoms. The molecule has 2 rings (SSSR count). The zero-order valence-electron chi connectivity index (χ0n) is 11.7. The molecule has 0 radical (unpaired) electrons. The Balaban J connectivity index is 2.44. The summed E-state index contributed by atoms with van der Waals surface area (Å²) in [5.41, 5.74) is 4.34. The molecule has 1 N–H and O–H groups in total. The van der Waals surface area contributed by atoms with Crippen LogP contribution in [0.4, 0.5) is 0 Å². The molecule has 0 aliphatic rings. The molecule has 0 fully saturated rings. The molecule has 2 aromatic rings. The summed E-state index contributed by atoms with van der Waals surface area (Å²) in [5, 5.41) is 9.25. The van der Waals surface area contributed by atoms with E-state index in [1.165, 1.54) is 5.56 Å². The highest BCUT2D eigenvalue weighted by atomic mass is 16.5. The van der Waals surface area contributed by atoms with Crippen LogP contribution in [0.2, 0.25) is 0 Å². The van der Waals surface area contributed by atoms with Crippen molar-refractivity contribution in [2.45, 2.75) is 26.4 Å². The molecule has 0 heterocycles. The molecule has 100 valence electrons. The van der Waals surface area contributed by atoms with E-state index in [9.17, 15) is 5.11 Å². The largest absolute Gasteiger partial charge is 0.496 e. The zero-order valence-corrected chi connectivity index (χ0v) is 11.7. The Morgan fingerprint density at radius 3 is 2.26 bits per heavy atom. The summed E-state index contributed by atoms with van der Waals surface area (Å²) in [6, 6.07) is 14.3. The Kier molecular flexibility index (Phi) is 4.23. The quantitative estimate of drug-likeness (QED) is 0.896. The van der Waals surface area contributed by atoms with E-state index in [0.29, 0.717) is 5.92 Å². The zero-order chi connectivity index (χ0) is 13.8. The Morgan fingerprint density at radius 2 is 1.74 bits per heavy atom. The second kappa shape index (κ2) is 5.89. The molecule has 0 bridgehead atoms. The van der Waals surface area contributed by atoms with Gasteiger partial charge in [0, 0.05) is 5.56 Å². The maximum atomic E-state index is 9.25. The maximum Gasteiger partial charge on any atom is 0.126 e. The van der Waals surface area contributed by atoms with Crippen LogP contribution < -0.4 is 4.74 Å². The van der Waals surface area contributed by atoms with Crippen molar-refractivity contribution in [3.8, 4) is 16.9 Å². The molecule has 0 aliphatic carbocycles. The third kappa shape index (κ3) is 2.96. The highest BCUT2D eigenvalue weighted by Crippen LogP contribution is 2.31. The molecule has 0 atom stereocenters. The van der Waals surface area contributed by atoms with E-state index in [1.54, 1.807) is 7.11 Å². The molecular formula is C17H20O2. The van der Waals surface area contributed by atoms with Crippen LogP contribution in [0.25, 0.3) is 11.1 Å². The molecule has 0 amide bonds. The minimum Gasteiger partial charge on any atom is -0.496 e. The lowest BCUT2D eigenvalue weighted by atomic mass is 9.97. The van der Waals surface area contributed by atoms with Gasteiger partial charge in [-0.25, -0.2) is 0 Å². The molecule has 0 saturated heterocycles. The molecule has 0 unspecified atom stereocenters.